The highest BCUT2D eigenvalue weighted by Gasteiger charge is 2.31. The zero-order valence-corrected chi connectivity index (χ0v) is 20.7. The molecule has 5 aromatic rings. The Morgan fingerprint density at radius 1 is 0.784 bits per heavy atom. The zero-order valence-electron chi connectivity index (χ0n) is 20.7. The molecular weight excluding hydrogens is 463 g/mol. The SMILES string of the molecule is CC(C)c1c(C(=O)Nc2ccccc2)c(-c2ccccc2)c(-c2ccc(F)cc2)n1-c1ccc(O)cc1. The van der Waals surface area contributed by atoms with Gasteiger partial charge in [0.05, 0.1) is 11.3 Å². The highest BCUT2D eigenvalue weighted by Crippen LogP contribution is 2.44. The van der Waals surface area contributed by atoms with Crippen LogP contribution in [0.25, 0.3) is 28.1 Å². The smallest absolute Gasteiger partial charge is 0.258 e. The van der Waals surface area contributed by atoms with Gasteiger partial charge < -0.3 is 15.0 Å². The van der Waals surface area contributed by atoms with Crippen molar-refractivity contribution in [1.82, 2.24) is 4.57 Å². The van der Waals surface area contributed by atoms with Crippen molar-refractivity contribution >= 4 is 11.6 Å². The van der Waals surface area contributed by atoms with E-state index < -0.39 is 0 Å². The van der Waals surface area contributed by atoms with Crippen LogP contribution in [0.15, 0.2) is 109 Å². The Labute approximate surface area is 215 Å². The van der Waals surface area contributed by atoms with Crippen LogP contribution in [0.3, 0.4) is 0 Å². The number of nitrogens with one attached hydrogen (secondary N) is 1. The van der Waals surface area contributed by atoms with Crippen molar-refractivity contribution in [2.24, 2.45) is 0 Å². The zero-order chi connectivity index (χ0) is 25.9. The minimum Gasteiger partial charge on any atom is -0.508 e. The molecule has 0 aliphatic carbocycles. The van der Waals surface area contributed by atoms with Crippen molar-refractivity contribution in [3.8, 4) is 33.8 Å². The molecular formula is C32H27FN2O2. The van der Waals surface area contributed by atoms with Gasteiger partial charge in [-0.25, -0.2) is 4.39 Å². The van der Waals surface area contributed by atoms with Crippen LogP contribution in [0, 0.1) is 5.82 Å². The summed E-state index contributed by atoms with van der Waals surface area (Å²) in [5, 5.41) is 13.0. The minimum atomic E-state index is -0.334. The number of hydrogen-bond acceptors (Lipinski definition) is 2. The predicted molar refractivity (Wildman–Crippen MR) is 147 cm³/mol. The van der Waals surface area contributed by atoms with Gasteiger partial charge in [-0.05, 0) is 77.7 Å². The highest BCUT2D eigenvalue weighted by molar-refractivity contribution is 6.12. The Morgan fingerprint density at radius 3 is 1.97 bits per heavy atom. The maximum Gasteiger partial charge on any atom is 0.258 e. The fraction of sp³-hybridized carbons (Fsp3) is 0.0938. The van der Waals surface area contributed by atoms with Crippen LogP contribution in [0.2, 0.25) is 0 Å². The van der Waals surface area contributed by atoms with E-state index in [9.17, 15) is 14.3 Å². The number of benzene rings is 4. The van der Waals surface area contributed by atoms with Gasteiger partial charge in [0.1, 0.15) is 11.6 Å². The molecule has 0 aliphatic rings. The molecule has 184 valence electrons. The maximum absolute atomic E-state index is 14.0. The van der Waals surface area contributed by atoms with E-state index >= 15 is 0 Å². The van der Waals surface area contributed by atoms with Gasteiger partial charge in [0.25, 0.3) is 5.91 Å². The molecule has 37 heavy (non-hydrogen) atoms. The third-order valence-electron chi connectivity index (χ3n) is 6.30. The number of rotatable bonds is 6. The molecule has 1 aromatic heterocycles. The second-order valence-electron chi connectivity index (χ2n) is 9.18. The number of halogens is 1. The Bertz CT molecular complexity index is 1520. The van der Waals surface area contributed by atoms with E-state index in [0.29, 0.717) is 11.3 Å². The second-order valence-corrected chi connectivity index (χ2v) is 9.18. The van der Waals surface area contributed by atoms with Crippen LogP contribution in [0.4, 0.5) is 10.1 Å². The third kappa shape index (κ3) is 4.76. The molecule has 4 nitrogen and oxygen atoms in total. The monoisotopic (exact) mass is 490 g/mol. The molecule has 0 aliphatic heterocycles. The van der Waals surface area contributed by atoms with Crippen molar-refractivity contribution in [3.63, 3.8) is 0 Å². The van der Waals surface area contributed by atoms with E-state index in [0.717, 1.165) is 33.8 Å². The fourth-order valence-corrected chi connectivity index (χ4v) is 4.72. The van der Waals surface area contributed by atoms with E-state index in [4.69, 9.17) is 0 Å². The third-order valence-corrected chi connectivity index (χ3v) is 6.30. The van der Waals surface area contributed by atoms with E-state index in [1.165, 1.54) is 12.1 Å². The van der Waals surface area contributed by atoms with Gasteiger partial charge in [-0.15, -0.1) is 0 Å². The predicted octanol–water partition coefficient (Wildman–Crippen LogP) is 8.03. The quantitative estimate of drug-likeness (QED) is 0.253. The number of carbonyl (C=O) groups is 1. The number of phenolic OH excluding ortho intramolecular Hbond substituents is 1. The first-order chi connectivity index (χ1) is 17.9. The van der Waals surface area contributed by atoms with Gasteiger partial charge in [0.15, 0.2) is 0 Å². The summed E-state index contributed by atoms with van der Waals surface area (Å²) in [4.78, 5) is 14.0. The minimum absolute atomic E-state index is 0.0398. The molecule has 0 saturated heterocycles. The number of nitrogens with zero attached hydrogens (tertiary/aromatic N) is 1. The maximum atomic E-state index is 14.0. The van der Waals surface area contributed by atoms with Crippen molar-refractivity contribution < 1.29 is 14.3 Å². The number of anilines is 1. The normalized spacial score (nSPS) is 11.0. The van der Waals surface area contributed by atoms with Gasteiger partial charge in [-0.3, -0.25) is 4.79 Å². The number of para-hydroxylation sites is 1. The van der Waals surface area contributed by atoms with Crippen molar-refractivity contribution in [2.45, 2.75) is 19.8 Å². The van der Waals surface area contributed by atoms with Gasteiger partial charge in [-0.2, -0.15) is 0 Å². The van der Waals surface area contributed by atoms with Gasteiger partial charge >= 0.3 is 0 Å². The molecule has 4 aromatic carbocycles. The van der Waals surface area contributed by atoms with Gasteiger partial charge in [-0.1, -0.05) is 62.4 Å². The molecule has 0 fully saturated rings. The Balaban J connectivity index is 1.89. The number of amides is 1. The molecule has 0 atom stereocenters. The number of hydrogen-bond donors (Lipinski definition) is 2. The summed E-state index contributed by atoms with van der Waals surface area (Å²) >= 11 is 0. The summed E-state index contributed by atoms with van der Waals surface area (Å²) < 4.78 is 16.0. The Kier molecular flexibility index (Phi) is 6.60. The van der Waals surface area contributed by atoms with Crippen molar-refractivity contribution in [1.29, 1.82) is 0 Å². The summed E-state index contributed by atoms with van der Waals surface area (Å²) in [5.74, 6) is -0.453. The highest BCUT2D eigenvalue weighted by atomic mass is 19.1. The second kappa shape index (κ2) is 10.2. The molecule has 1 heterocycles. The lowest BCUT2D eigenvalue weighted by atomic mass is 9.94. The van der Waals surface area contributed by atoms with E-state index in [-0.39, 0.29) is 23.4 Å². The number of phenols is 1. The summed E-state index contributed by atoms with van der Waals surface area (Å²) in [6.45, 7) is 4.10. The molecule has 0 radical (unpaired) electrons. The first-order valence-electron chi connectivity index (χ1n) is 12.2. The number of carbonyl (C=O) groups excluding carboxylic acids is 1. The largest absolute Gasteiger partial charge is 0.508 e. The average Bonchev–Trinajstić information content (AvgIpc) is 3.27. The van der Waals surface area contributed by atoms with Crippen LogP contribution >= 0.6 is 0 Å². The van der Waals surface area contributed by atoms with Crippen molar-refractivity contribution in [3.05, 3.63) is 126 Å². The van der Waals surface area contributed by atoms with Crippen molar-refractivity contribution in [2.75, 3.05) is 5.32 Å². The lowest BCUT2D eigenvalue weighted by Crippen LogP contribution is -2.16. The number of aromatic hydroxyl groups is 1. The lowest BCUT2D eigenvalue weighted by Gasteiger charge is -2.17. The topological polar surface area (TPSA) is 54.3 Å². The Hall–Kier alpha value is -4.64. The van der Waals surface area contributed by atoms with Gasteiger partial charge in [0.2, 0.25) is 0 Å². The number of aromatic nitrogens is 1. The molecule has 1 amide bonds. The molecule has 0 unspecified atom stereocenters. The molecule has 5 heteroatoms. The molecule has 0 spiro atoms. The van der Waals surface area contributed by atoms with Crippen LogP contribution in [0.1, 0.15) is 35.8 Å². The summed E-state index contributed by atoms with van der Waals surface area (Å²) in [6, 6.07) is 32.4. The molecule has 0 saturated carbocycles. The van der Waals surface area contributed by atoms with Crippen LogP contribution in [0.5, 0.6) is 5.75 Å². The summed E-state index contributed by atoms with van der Waals surface area (Å²) in [5.41, 5.74) is 6.04. The first kappa shape index (κ1) is 24.1. The lowest BCUT2D eigenvalue weighted by molar-refractivity contribution is 0.102. The molecule has 5 rings (SSSR count). The molecule has 2 N–H and O–H groups in total. The van der Waals surface area contributed by atoms with Crippen LogP contribution < -0.4 is 5.32 Å². The van der Waals surface area contributed by atoms with Crippen LogP contribution in [-0.4, -0.2) is 15.6 Å². The first-order valence-corrected chi connectivity index (χ1v) is 12.2. The van der Waals surface area contributed by atoms with Crippen LogP contribution in [-0.2, 0) is 0 Å². The molecule has 0 bridgehead atoms. The van der Waals surface area contributed by atoms with E-state index in [2.05, 4.69) is 23.7 Å². The van der Waals surface area contributed by atoms with Gasteiger partial charge in [0, 0.05) is 22.6 Å². The summed E-state index contributed by atoms with van der Waals surface area (Å²) in [7, 11) is 0. The average molecular weight is 491 g/mol. The fourth-order valence-electron chi connectivity index (χ4n) is 4.72. The van der Waals surface area contributed by atoms with E-state index in [1.807, 2.05) is 72.8 Å². The van der Waals surface area contributed by atoms with E-state index in [1.54, 1.807) is 24.3 Å². The Morgan fingerprint density at radius 2 is 1.38 bits per heavy atom. The summed E-state index contributed by atoms with van der Waals surface area (Å²) in [6.07, 6.45) is 0. The standard InChI is InChI=1S/C32H27FN2O2/c1-21(2)30-29(32(37)34-25-11-7-4-8-12-25)28(22-9-5-3-6-10-22)31(23-13-15-24(33)16-14-23)35(30)26-17-19-27(36)20-18-26/h3-21,36H,1-2H3,(H,34,37).